The second-order valence-corrected chi connectivity index (χ2v) is 6.55. The quantitative estimate of drug-likeness (QED) is 0.479. The van der Waals surface area contributed by atoms with Crippen molar-refractivity contribution in [1.29, 1.82) is 0 Å². The van der Waals surface area contributed by atoms with Crippen molar-refractivity contribution in [2.24, 2.45) is 0 Å². The number of hydrogen-bond donors (Lipinski definition) is 0. The Morgan fingerprint density at radius 2 is 1.03 bits per heavy atom. The van der Waals surface area contributed by atoms with Crippen LogP contribution < -0.4 is 0 Å². The summed E-state index contributed by atoms with van der Waals surface area (Å²) in [5.74, 6) is -3.25. The van der Waals surface area contributed by atoms with Crippen LogP contribution in [0.1, 0.15) is 24.0 Å². The zero-order chi connectivity index (χ0) is 21.3. The van der Waals surface area contributed by atoms with E-state index >= 15 is 0 Å². The van der Waals surface area contributed by atoms with Crippen molar-refractivity contribution in [3.05, 3.63) is 71.8 Å². The van der Waals surface area contributed by atoms with Crippen LogP contribution in [0, 0.1) is 0 Å². The summed E-state index contributed by atoms with van der Waals surface area (Å²) in [6, 6.07) is 18.0. The zero-order valence-electron chi connectivity index (χ0n) is 16.0. The maximum absolute atomic E-state index is 12.1. The molecular formula is C22H20O8. The first kappa shape index (κ1) is 21.0. The number of cyclic esters (lactones) is 2. The number of esters is 4. The highest BCUT2D eigenvalue weighted by Crippen LogP contribution is 2.17. The molecule has 1 fully saturated rings. The minimum absolute atomic E-state index is 0.0330. The Hall–Kier alpha value is -3.68. The predicted molar refractivity (Wildman–Crippen MR) is 101 cm³/mol. The number of carbonyl (C=O) groups is 4. The highest BCUT2D eigenvalue weighted by molar-refractivity contribution is 5.92. The van der Waals surface area contributed by atoms with Crippen molar-refractivity contribution in [3.8, 4) is 0 Å². The van der Waals surface area contributed by atoms with Gasteiger partial charge in [-0.1, -0.05) is 60.7 Å². The summed E-state index contributed by atoms with van der Waals surface area (Å²) >= 11 is 0. The Kier molecular flexibility index (Phi) is 7.15. The molecule has 8 heteroatoms. The zero-order valence-corrected chi connectivity index (χ0v) is 16.0. The van der Waals surface area contributed by atoms with Crippen molar-refractivity contribution in [2.75, 3.05) is 0 Å². The molecule has 3 rings (SSSR count). The van der Waals surface area contributed by atoms with Crippen LogP contribution in [-0.2, 0) is 51.3 Å². The van der Waals surface area contributed by atoms with Gasteiger partial charge in [-0.3, -0.25) is 9.59 Å². The molecule has 2 aromatic carbocycles. The fourth-order valence-corrected chi connectivity index (χ4v) is 2.68. The molecule has 2 aromatic rings. The lowest BCUT2D eigenvalue weighted by Crippen LogP contribution is -2.45. The van der Waals surface area contributed by atoms with E-state index in [2.05, 4.69) is 0 Å². The summed E-state index contributed by atoms with van der Waals surface area (Å²) in [5.41, 5.74) is 1.56. The van der Waals surface area contributed by atoms with Gasteiger partial charge in [-0.25, -0.2) is 9.59 Å². The number of hydrogen-bond acceptors (Lipinski definition) is 8. The molecule has 0 radical (unpaired) electrons. The van der Waals surface area contributed by atoms with Crippen LogP contribution in [-0.4, -0.2) is 36.1 Å². The minimum atomic E-state index is -1.41. The van der Waals surface area contributed by atoms with Crippen molar-refractivity contribution in [3.63, 3.8) is 0 Å². The summed E-state index contributed by atoms with van der Waals surface area (Å²) in [5, 5.41) is 0. The number of ether oxygens (including phenoxy) is 4. The van der Waals surface area contributed by atoms with Gasteiger partial charge in [0.1, 0.15) is 13.2 Å². The third kappa shape index (κ3) is 6.16. The van der Waals surface area contributed by atoms with Crippen LogP contribution in [0.2, 0.25) is 0 Å². The fraction of sp³-hybridized carbons (Fsp3) is 0.273. The van der Waals surface area contributed by atoms with E-state index in [1.165, 1.54) is 0 Å². The minimum Gasteiger partial charge on any atom is -0.461 e. The van der Waals surface area contributed by atoms with Gasteiger partial charge in [0.2, 0.25) is 12.2 Å². The Morgan fingerprint density at radius 1 is 0.667 bits per heavy atom. The fourth-order valence-electron chi connectivity index (χ4n) is 2.68. The summed E-state index contributed by atoms with van der Waals surface area (Å²) in [7, 11) is 0. The largest absolute Gasteiger partial charge is 0.461 e. The second kappa shape index (κ2) is 10.2. The van der Waals surface area contributed by atoms with Crippen LogP contribution in [0.15, 0.2) is 60.7 Å². The highest BCUT2D eigenvalue weighted by Gasteiger charge is 2.40. The summed E-state index contributed by atoms with van der Waals surface area (Å²) in [4.78, 5) is 48.0. The average Bonchev–Trinajstić information content (AvgIpc) is 2.76. The second-order valence-electron chi connectivity index (χ2n) is 6.55. The standard InChI is InChI=1S/C22H20O8/c23-19(27-13-15-7-3-1-4-8-15)11-17-21(25)30-18(22(26)29-17)12-20(24)28-14-16-9-5-2-6-10-16/h1-10,17-18H,11-14H2/t17-,18-/m0/s1. The van der Waals surface area contributed by atoms with Gasteiger partial charge < -0.3 is 18.9 Å². The molecule has 0 saturated carbocycles. The Labute approximate surface area is 172 Å². The molecule has 0 aromatic heterocycles. The molecule has 0 aliphatic carbocycles. The van der Waals surface area contributed by atoms with Crippen LogP contribution in [0.25, 0.3) is 0 Å². The van der Waals surface area contributed by atoms with Crippen LogP contribution >= 0.6 is 0 Å². The number of benzene rings is 2. The van der Waals surface area contributed by atoms with E-state index in [1.54, 1.807) is 48.5 Å². The Bertz CT molecular complexity index is 818. The molecule has 2 atom stereocenters. The van der Waals surface area contributed by atoms with Crippen LogP contribution in [0.3, 0.4) is 0 Å². The smallest absolute Gasteiger partial charge is 0.348 e. The molecule has 0 amide bonds. The van der Waals surface area contributed by atoms with Gasteiger partial charge in [-0.2, -0.15) is 0 Å². The van der Waals surface area contributed by atoms with Gasteiger partial charge in [0.05, 0.1) is 12.8 Å². The van der Waals surface area contributed by atoms with E-state index in [9.17, 15) is 19.2 Å². The first-order valence-electron chi connectivity index (χ1n) is 9.31. The van der Waals surface area contributed by atoms with Crippen molar-refractivity contribution >= 4 is 23.9 Å². The third-order valence-electron chi connectivity index (χ3n) is 4.23. The first-order chi connectivity index (χ1) is 14.5. The number of carbonyl (C=O) groups excluding carboxylic acids is 4. The molecule has 1 aliphatic rings. The molecule has 0 spiro atoms. The van der Waals surface area contributed by atoms with Gasteiger partial charge in [0.25, 0.3) is 0 Å². The van der Waals surface area contributed by atoms with Gasteiger partial charge in [0, 0.05) is 0 Å². The van der Waals surface area contributed by atoms with E-state index < -0.39 is 48.9 Å². The molecule has 156 valence electrons. The molecule has 0 bridgehead atoms. The van der Waals surface area contributed by atoms with E-state index in [-0.39, 0.29) is 13.2 Å². The van der Waals surface area contributed by atoms with Gasteiger partial charge in [-0.05, 0) is 11.1 Å². The average molecular weight is 412 g/mol. The lowest BCUT2D eigenvalue weighted by molar-refractivity contribution is -0.198. The Balaban J connectivity index is 1.43. The lowest BCUT2D eigenvalue weighted by Gasteiger charge is -2.26. The van der Waals surface area contributed by atoms with E-state index in [1.807, 2.05) is 12.1 Å². The number of rotatable bonds is 8. The van der Waals surface area contributed by atoms with E-state index in [4.69, 9.17) is 18.9 Å². The molecular weight excluding hydrogens is 392 g/mol. The summed E-state index contributed by atoms with van der Waals surface area (Å²) < 4.78 is 20.1. The van der Waals surface area contributed by atoms with Gasteiger partial charge in [0.15, 0.2) is 0 Å². The Morgan fingerprint density at radius 3 is 1.40 bits per heavy atom. The predicted octanol–water partition coefficient (Wildman–Crippen LogP) is 2.09. The molecule has 1 aliphatic heterocycles. The monoisotopic (exact) mass is 412 g/mol. The van der Waals surface area contributed by atoms with Crippen LogP contribution in [0.4, 0.5) is 0 Å². The molecule has 1 saturated heterocycles. The summed E-state index contributed by atoms with van der Waals surface area (Å²) in [6.07, 6.45) is -3.75. The van der Waals surface area contributed by atoms with Crippen molar-refractivity contribution < 1.29 is 38.1 Å². The summed E-state index contributed by atoms with van der Waals surface area (Å²) in [6.45, 7) is 0.0660. The van der Waals surface area contributed by atoms with Crippen molar-refractivity contribution in [1.82, 2.24) is 0 Å². The normalized spacial score (nSPS) is 18.1. The maximum Gasteiger partial charge on any atom is 0.348 e. The maximum atomic E-state index is 12.1. The molecule has 0 unspecified atom stereocenters. The van der Waals surface area contributed by atoms with E-state index in [0.29, 0.717) is 0 Å². The topological polar surface area (TPSA) is 105 Å². The van der Waals surface area contributed by atoms with Crippen molar-refractivity contribution in [2.45, 2.75) is 38.3 Å². The third-order valence-corrected chi connectivity index (χ3v) is 4.23. The van der Waals surface area contributed by atoms with Gasteiger partial charge in [-0.15, -0.1) is 0 Å². The molecule has 30 heavy (non-hydrogen) atoms. The SMILES string of the molecule is O=C(C[C@@H]1OC(=O)[C@H](CC(=O)OCc2ccccc2)OC1=O)OCc1ccccc1. The first-order valence-corrected chi connectivity index (χ1v) is 9.31. The van der Waals surface area contributed by atoms with E-state index in [0.717, 1.165) is 11.1 Å². The lowest BCUT2D eigenvalue weighted by atomic mass is 10.2. The van der Waals surface area contributed by atoms with Crippen LogP contribution in [0.5, 0.6) is 0 Å². The molecule has 0 N–H and O–H groups in total. The molecule has 1 heterocycles. The highest BCUT2D eigenvalue weighted by atomic mass is 16.6. The van der Waals surface area contributed by atoms with Gasteiger partial charge >= 0.3 is 23.9 Å². The molecule has 8 nitrogen and oxygen atoms in total.